The van der Waals surface area contributed by atoms with Crippen molar-refractivity contribution in [3.8, 4) is 0 Å². The van der Waals surface area contributed by atoms with Crippen LogP contribution in [0.3, 0.4) is 0 Å². The summed E-state index contributed by atoms with van der Waals surface area (Å²) in [6.07, 6.45) is 0.815. The van der Waals surface area contributed by atoms with E-state index >= 15 is 0 Å². The molecule has 1 N–H and O–H groups in total. The van der Waals surface area contributed by atoms with Gasteiger partial charge in [-0.1, -0.05) is 6.07 Å². The normalized spacial score (nSPS) is 14.4. The zero-order valence-corrected chi connectivity index (χ0v) is 11.3. The van der Waals surface area contributed by atoms with Gasteiger partial charge in [0.2, 0.25) is 15.9 Å². The second-order valence-electron chi connectivity index (χ2n) is 4.27. The van der Waals surface area contributed by atoms with Crippen LogP contribution in [0, 0.1) is 0 Å². The molecule has 0 radical (unpaired) electrons. The first-order valence-electron chi connectivity index (χ1n) is 5.84. The number of fused-ring (bicyclic) bond motifs is 1. The first-order valence-corrected chi connectivity index (χ1v) is 7.49. The van der Waals surface area contributed by atoms with Crippen LogP contribution in [0.15, 0.2) is 18.2 Å². The van der Waals surface area contributed by atoms with E-state index in [0.29, 0.717) is 12.2 Å². The smallest absolute Gasteiger partial charge is 0.232 e. The third-order valence-corrected chi connectivity index (χ3v) is 4.32. The van der Waals surface area contributed by atoms with Crippen LogP contribution >= 0.6 is 0 Å². The summed E-state index contributed by atoms with van der Waals surface area (Å²) in [5, 5.41) is 0. The van der Waals surface area contributed by atoms with E-state index in [1.54, 1.807) is 24.0 Å². The van der Waals surface area contributed by atoms with E-state index in [4.69, 9.17) is 0 Å². The fourth-order valence-corrected chi connectivity index (χ4v) is 2.65. The van der Waals surface area contributed by atoms with Gasteiger partial charge < -0.3 is 4.90 Å². The lowest BCUT2D eigenvalue weighted by Gasteiger charge is -2.16. The quantitative estimate of drug-likeness (QED) is 0.900. The molecule has 1 heterocycles. The number of nitrogens with one attached hydrogen (secondary N) is 1. The topological polar surface area (TPSA) is 66.5 Å². The number of nitrogens with zero attached hydrogens (tertiary/aromatic N) is 1. The molecule has 1 amide bonds. The van der Waals surface area contributed by atoms with Crippen molar-refractivity contribution < 1.29 is 13.2 Å². The van der Waals surface area contributed by atoms with Gasteiger partial charge in [-0.15, -0.1) is 0 Å². The summed E-state index contributed by atoms with van der Waals surface area (Å²) < 4.78 is 25.5. The third-order valence-electron chi connectivity index (χ3n) is 3.01. The van der Waals surface area contributed by atoms with Crippen molar-refractivity contribution in [3.63, 3.8) is 0 Å². The predicted octanol–water partition coefficient (Wildman–Crippen LogP) is 1.36. The summed E-state index contributed by atoms with van der Waals surface area (Å²) >= 11 is 0. The molecule has 98 valence electrons. The highest BCUT2D eigenvalue weighted by atomic mass is 32.2. The number of amides is 1. The predicted molar refractivity (Wildman–Crippen MR) is 71.3 cm³/mol. The molecular formula is C12H16N2O3S. The zero-order valence-electron chi connectivity index (χ0n) is 10.4. The SMILES string of the molecule is CCS(=O)(=O)Nc1ccc2c(c1)N(C(C)=O)CC2. The Bertz CT molecular complexity index is 581. The number of rotatable bonds is 3. The molecule has 1 aliphatic rings. The Hall–Kier alpha value is -1.56. The average molecular weight is 268 g/mol. The van der Waals surface area contributed by atoms with E-state index in [9.17, 15) is 13.2 Å². The van der Waals surface area contributed by atoms with Crippen molar-refractivity contribution in [2.45, 2.75) is 20.3 Å². The molecule has 0 unspecified atom stereocenters. The third kappa shape index (κ3) is 2.48. The molecule has 18 heavy (non-hydrogen) atoms. The van der Waals surface area contributed by atoms with Gasteiger partial charge in [0.1, 0.15) is 0 Å². The highest BCUT2D eigenvalue weighted by molar-refractivity contribution is 7.92. The first-order chi connectivity index (χ1) is 8.43. The molecule has 5 nitrogen and oxygen atoms in total. The maximum absolute atomic E-state index is 11.5. The van der Waals surface area contributed by atoms with Gasteiger partial charge in [0.05, 0.1) is 11.4 Å². The average Bonchev–Trinajstić information content (AvgIpc) is 2.71. The number of carbonyl (C=O) groups excluding carboxylic acids is 1. The van der Waals surface area contributed by atoms with Gasteiger partial charge in [0.25, 0.3) is 0 Å². The van der Waals surface area contributed by atoms with E-state index in [0.717, 1.165) is 17.7 Å². The Kier molecular flexibility index (Phi) is 3.30. The van der Waals surface area contributed by atoms with E-state index < -0.39 is 10.0 Å². The van der Waals surface area contributed by atoms with Crippen LogP contribution in [-0.2, 0) is 21.2 Å². The van der Waals surface area contributed by atoms with Crippen LogP contribution < -0.4 is 9.62 Å². The molecule has 0 saturated carbocycles. The monoisotopic (exact) mass is 268 g/mol. The standard InChI is InChI=1S/C12H16N2O3S/c1-3-18(16,17)13-11-5-4-10-6-7-14(9(2)15)12(10)8-11/h4-5,8,13H,3,6-7H2,1-2H3. The molecule has 0 atom stereocenters. The fraction of sp³-hybridized carbons (Fsp3) is 0.417. The lowest BCUT2D eigenvalue weighted by atomic mass is 10.1. The Morgan fingerprint density at radius 3 is 2.78 bits per heavy atom. The van der Waals surface area contributed by atoms with E-state index in [1.165, 1.54) is 6.92 Å². The lowest BCUT2D eigenvalue weighted by molar-refractivity contribution is -0.116. The van der Waals surface area contributed by atoms with Crippen LogP contribution in [0.1, 0.15) is 19.4 Å². The Balaban J connectivity index is 2.33. The minimum absolute atomic E-state index is 0.0238. The molecule has 1 aromatic rings. The largest absolute Gasteiger partial charge is 0.312 e. The first kappa shape index (κ1) is 12.9. The maximum Gasteiger partial charge on any atom is 0.232 e. The summed E-state index contributed by atoms with van der Waals surface area (Å²) in [5.74, 6) is 0.00444. The summed E-state index contributed by atoms with van der Waals surface area (Å²) in [6, 6.07) is 5.32. The number of benzene rings is 1. The van der Waals surface area contributed by atoms with Gasteiger partial charge in [0, 0.05) is 19.2 Å². The van der Waals surface area contributed by atoms with Crippen LogP contribution in [0.2, 0.25) is 0 Å². The van der Waals surface area contributed by atoms with Crippen molar-refractivity contribution in [2.24, 2.45) is 0 Å². The molecule has 0 aliphatic carbocycles. The molecule has 6 heteroatoms. The summed E-state index contributed by atoms with van der Waals surface area (Å²) in [5.41, 5.74) is 2.38. The molecule has 0 bridgehead atoms. The van der Waals surface area contributed by atoms with Gasteiger partial charge >= 0.3 is 0 Å². The second kappa shape index (κ2) is 4.61. The molecule has 1 aliphatic heterocycles. The van der Waals surface area contributed by atoms with E-state index in [1.807, 2.05) is 6.07 Å². The number of sulfonamides is 1. The molecule has 2 rings (SSSR count). The van der Waals surface area contributed by atoms with Crippen LogP contribution in [-0.4, -0.2) is 26.6 Å². The number of anilines is 2. The summed E-state index contributed by atoms with van der Waals surface area (Å²) in [4.78, 5) is 13.1. The number of carbonyl (C=O) groups is 1. The zero-order chi connectivity index (χ0) is 13.3. The highest BCUT2D eigenvalue weighted by Gasteiger charge is 2.22. The minimum Gasteiger partial charge on any atom is -0.312 e. The van der Waals surface area contributed by atoms with Crippen molar-refractivity contribution in [2.75, 3.05) is 21.9 Å². The summed E-state index contributed by atoms with van der Waals surface area (Å²) in [7, 11) is -3.28. The molecule has 0 saturated heterocycles. The lowest BCUT2D eigenvalue weighted by Crippen LogP contribution is -2.25. The summed E-state index contributed by atoms with van der Waals surface area (Å²) in [6.45, 7) is 3.75. The van der Waals surface area contributed by atoms with E-state index in [-0.39, 0.29) is 11.7 Å². The maximum atomic E-state index is 11.5. The Labute approximate surface area is 107 Å². The molecule has 1 aromatic carbocycles. The number of hydrogen-bond acceptors (Lipinski definition) is 3. The van der Waals surface area contributed by atoms with Gasteiger partial charge in [-0.05, 0) is 31.0 Å². The van der Waals surface area contributed by atoms with Gasteiger partial charge in [-0.25, -0.2) is 8.42 Å². The second-order valence-corrected chi connectivity index (χ2v) is 6.28. The minimum atomic E-state index is -3.28. The number of hydrogen-bond donors (Lipinski definition) is 1. The highest BCUT2D eigenvalue weighted by Crippen LogP contribution is 2.31. The van der Waals surface area contributed by atoms with Gasteiger partial charge in [-0.3, -0.25) is 9.52 Å². The fourth-order valence-electron chi connectivity index (χ4n) is 2.02. The molecular weight excluding hydrogens is 252 g/mol. The van der Waals surface area contributed by atoms with Crippen LogP contribution in [0.5, 0.6) is 0 Å². The van der Waals surface area contributed by atoms with Crippen LogP contribution in [0.4, 0.5) is 11.4 Å². The van der Waals surface area contributed by atoms with E-state index in [2.05, 4.69) is 4.72 Å². The van der Waals surface area contributed by atoms with Crippen LogP contribution in [0.25, 0.3) is 0 Å². The Morgan fingerprint density at radius 2 is 2.17 bits per heavy atom. The van der Waals surface area contributed by atoms with Crippen molar-refractivity contribution >= 4 is 27.3 Å². The van der Waals surface area contributed by atoms with Gasteiger partial charge in [-0.2, -0.15) is 0 Å². The van der Waals surface area contributed by atoms with Gasteiger partial charge in [0.15, 0.2) is 0 Å². The molecule has 0 aromatic heterocycles. The molecule has 0 fully saturated rings. The van der Waals surface area contributed by atoms with Crippen molar-refractivity contribution in [3.05, 3.63) is 23.8 Å². The van der Waals surface area contributed by atoms with Crippen molar-refractivity contribution in [1.82, 2.24) is 0 Å². The van der Waals surface area contributed by atoms with Crippen molar-refractivity contribution in [1.29, 1.82) is 0 Å². The Morgan fingerprint density at radius 1 is 1.44 bits per heavy atom. The molecule has 0 spiro atoms.